The molecule has 3 N–H and O–H groups in total. The third-order valence-corrected chi connectivity index (χ3v) is 2.90. The van der Waals surface area contributed by atoms with E-state index in [1.807, 2.05) is 19.9 Å². The van der Waals surface area contributed by atoms with E-state index in [-0.39, 0.29) is 11.8 Å². The fraction of sp³-hybridized carbons (Fsp3) is 0.417. The Labute approximate surface area is 101 Å². The lowest BCUT2D eigenvalue weighted by molar-refractivity contribution is -0.119. The molecule has 0 fully saturated rings. The van der Waals surface area contributed by atoms with E-state index in [0.29, 0.717) is 18.0 Å². The number of amides is 1. The summed E-state index contributed by atoms with van der Waals surface area (Å²) in [6, 6.07) is 5.43. The lowest BCUT2D eigenvalue weighted by atomic mass is 10.1. The molecule has 0 saturated heterocycles. The first kappa shape index (κ1) is 13.0. The van der Waals surface area contributed by atoms with Gasteiger partial charge in [0.2, 0.25) is 5.91 Å². The second-order valence-corrected chi connectivity index (χ2v) is 4.34. The van der Waals surface area contributed by atoms with Crippen LogP contribution in [0.25, 0.3) is 0 Å². The maximum absolute atomic E-state index is 11.7. The molecule has 1 aromatic rings. The fourth-order valence-corrected chi connectivity index (χ4v) is 1.49. The molecule has 0 radical (unpaired) electrons. The second-order valence-electron chi connectivity index (χ2n) is 3.93. The molecule has 16 heavy (non-hydrogen) atoms. The van der Waals surface area contributed by atoms with Crippen molar-refractivity contribution in [1.82, 2.24) is 0 Å². The third kappa shape index (κ3) is 3.51. The van der Waals surface area contributed by atoms with Gasteiger partial charge in [0.05, 0.1) is 0 Å². The molecule has 0 bridgehead atoms. The normalized spacial score (nSPS) is 12.2. The molecule has 0 spiro atoms. The van der Waals surface area contributed by atoms with Gasteiger partial charge < -0.3 is 11.1 Å². The van der Waals surface area contributed by atoms with Crippen LogP contribution in [0.4, 0.5) is 5.69 Å². The van der Waals surface area contributed by atoms with Crippen LogP contribution in [0.15, 0.2) is 18.2 Å². The van der Waals surface area contributed by atoms with Crippen LogP contribution in [-0.2, 0) is 4.79 Å². The summed E-state index contributed by atoms with van der Waals surface area (Å²) in [4.78, 5) is 11.7. The van der Waals surface area contributed by atoms with Crippen LogP contribution in [0.1, 0.15) is 18.9 Å². The molecule has 0 saturated carbocycles. The third-order valence-electron chi connectivity index (χ3n) is 2.47. The van der Waals surface area contributed by atoms with Crippen LogP contribution in [0, 0.1) is 12.8 Å². The monoisotopic (exact) mass is 240 g/mol. The molecule has 0 aliphatic rings. The van der Waals surface area contributed by atoms with Crippen LogP contribution in [-0.4, -0.2) is 12.5 Å². The average Bonchev–Trinajstić information content (AvgIpc) is 2.24. The summed E-state index contributed by atoms with van der Waals surface area (Å²) in [6.45, 7) is 4.29. The first-order valence-corrected chi connectivity index (χ1v) is 5.69. The van der Waals surface area contributed by atoms with Crippen molar-refractivity contribution in [2.45, 2.75) is 20.3 Å². The van der Waals surface area contributed by atoms with Gasteiger partial charge in [0.25, 0.3) is 0 Å². The molecule has 0 aliphatic carbocycles. The van der Waals surface area contributed by atoms with Crippen LogP contribution in [0.5, 0.6) is 0 Å². The van der Waals surface area contributed by atoms with Crippen LogP contribution >= 0.6 is 11.6 Å². The first-order valence-electron chi connectivity index (χ1n) is 5.31. The minimum absolute atomic E-state index is 0.00725. The molecule has 4 heteroatoms. The highest BCUT2D eigenvalue weighted by atomic mass is 35.5. The van der Waals surface area contributed by atoms with Crippen LogP contribution in [0.3, 0.4) is 0 Å². The Hall–Kier alpha value is -1.06. The Balaban J connectivity index is 2.66. The van der Waals surface area contributed by atoms with Crippen molar-refractivity contribution in [2.75, 3.05) is 11.9 Å². The van der Waals surface area contributed by atoms with E-state index in [4.69, 9.17) is 17.3 Å². The summed E-state index contributed by atoms with van der Waals surface area (Å²) in [6.07, 6.45) is 0.693. The quantitative estimate of drug-likeness (QED) is 0.850. The number of aryl methyl sites for hydroxylation is 1. The summed E-state index contributed by atoms with van der Waals surface area (Å²) in [5, 5.41) is 3.54. The maximum Gasteiger partial charge on any atom is 0.227 e. The number of benzene rings is 1. The van der Waals surface area contributed by atoms with E-state index >= 15 is 0 Å². The molecule has 1 aromatic carbocycles. The summed E-state index contributed by atoms with van der Waals surface area (Å²) in [7, 11) is 0. The summed E-state index contributed by atoms with van der Waals surface area (Å²) < 4.78 is 0. The fourth-order valence-electron chi connectivity index (χ4n) is 1.37. The highest BCUT2D eigenvalue weighted by molar-refractivity contribution is 6.31. The van der Waals surface area contributed by atoms with Gasteiger partial charge in [-0.3, -0.25) is 4.79 Å². The van der Waals surface area contributed by atoms with Gasteiger partial charge in [-0.1, -0.05) is 18.5 Å². The Morgan fingerprint density at radius 1 is 1.56 bits per heavy atom. The lowest BCUT2D eigenvalue weighted by Gasteiger charge is -2.11. The number of carbonyl (C=O) groups excluding carboxylic acids is 1. The average molecular weight is 241 g/mol. The zero-order chi connectivity index (χ0) is 12.1. The molecule has 0 aliphatic heterocycles. The zero-order valence-corrected chi connectivity index (χ0v) is 10.3. The Morgan fingerprint density at radius 2 is 2.25 bits per heavy atom. The Morgan fingerprint density at radius 3 is 2.81 bits per heavy atom. The molecular formula is C12H17ClN2O. The lowest BCUT2D eigenvalue weighted by Crippen LogP contribution is -2.22. The number of hydrogen-bond donors (Lipinski definition) is 2. The van der Waals surface area contributed by atoms with Crippen molar-refractivity contribution in [3.05, 3.63) is 28.8 Å². The van der Waals surface area contributed by atoms with E-state index in [1.165, 1.54) is 0 Å². The number of hydrogen-bond acceptors (Lipinski definition) is 2. The Bertz CT molecular complexity index is 379. The molecule has 3 nitrogen and oxygen atoms in total. The van der Waals surface area contributed by atoms with Gasteiger partial charge in [0, 0.05) is 16.6 Å². The van der Waals surface area contributed by atoms with E-state index in [0.717, 1.165) is 11.3 Å². The smallest absolute Gasteiger partial charge is 0.227 e. The molecule has 0 aromatic heterocycles. The number of nitrogens with two attached hydrogens (primary N) is 1. The van der Waals surface area contributed by atoms with Crippen LogP contribution < -0.4 is 11.1 Å². The van der Waals surface area contributed by atoms with Crippen molar-refractivity contribution < 1.29 is 4.79 Å². The predicted molar refractivity (Wildman–Crippen MR) is 67.7 cm³/mol. The summed E-state index contributed by atoms with van der Waals surface area (Å²) in [5.74, 6) is -0.0758. The van der Waals surface area contributed by atoms with Gasteiger partial charge in [0.15, 0.2) is 0 Å². The number of nitrogens with one attached hydrogen (secondary N) is 1. The number of carbonyl (C=O) groups is 1. The predicted octanol–water partition coefficient (Wildman–Crippen LogP) is 2.57. The second kappa shape index (κ2) is 5.87. The summed E-state index contributed by atoms with van der Waals surface area (Å²) >= 11 is 5.90. The van der Waals surface area contributed by atoms with Gasteiger partial charge in [-0.2, -0.15) is 0 Å². The number of rotatable bonds is 4. The minimum atomic E-state index is -0.0685. The van der Waals surface area contributed by atoms with Crippen molar-refractivity contribution >= 4 is 23.2 Å². The van der Waals surface area contributed by atoms with Crippen molar-refractivity contribution in [3.63, 3.8) is 0 Å². The van der Waals surface area contributed by atoms with Crippen LogP contribution in [0.2, 0.25) is 5.02 Å². The molecule has 0 unspecified atom stereocenters. The SMILES string of the molecule is Cc1cc(NC(=O)[C@@H](C)CCN)ccc1Cl. The molecule has 0 heterocycles. The molecule has 1 rings (SSSR count). The van der Waals surface area contributed by atoms with Crippen molar-refractivity contribution in [3.8, 4) is 0 Å². The number of anilines is 1. The highest BCUT2D eigenvalue weighted by Crippen LogP contribution is 2.20. The van der Waals surface area contributed by atoms with E-state index in [9.17, 15) is 4.79 Å². The van der Waals surface area contributed by atoms with Gasteiger partial charge in [-0.05, 0) is 43.7 Å². The number of halogens is 1. The minimum Gasteiger partial charge on any atom is -0.330 e. The largest absolute Gasteiger partial charge is 0.330 e. The van der Waals surface area contributed by atoms with E-state index in [2.05, 4.69) is 5.32 Å². The van der Waals surface area contributed by atoms with Gasteiger partial charge in [0.1, 0.15) is 0 Å². The van der Waals surface area contributed by atoms with E-state index in [1.54, 1.807) is 12.1 Å². The maximum atomic E-state index is 11.7. The Kier molecular flexibility index (Phi) is 4.77. The molecule has 1 atom stereocenters. The zero-order valence-electron chi connectivity index (χ0n) is 9.59. The molecule has 88 valence electrons. The van der Waals surface area contributed by atoms with Crippen molar-refractivity contribution in [1.29, 1.82) is 0 Å². The molecule has 1 amide bonds. The van der Waals surface area contributed by atoms with Crippen molar-refractivity contribution in [2.24, 2.45) is 11.7 Å². The van der Waals surface area contributed by atoms with E-state index < -0.39 is 0 Å². The topological polar surface area (TPSA) is 55.1 Å². The highest BCUT2D eigenvalue weighted by Gasteiger charge is 2.11. The van der Waals surface area contributed by atoms with Gasteiger partial charge in [-0.25, -0.2) is 0 Å². The molecular weight excluding hydrogens is 224 g/mol. The standard InChI is InChI=1S/C12H17ClN2O/c1-8(5-6-14)12(16)15-10-3-4-11(13)9(2)7-10/h3-4,7-8H,5-6,14H2,1-2H3,(H,15,16)/t8-/m0/s1. The van der Waals surface area contributed by atoms with Gasteiger partial charge >= 0.3 is 0 Å². The van der Waals surface area contributed by atoms with Gasteiger partial charge in [-0.15, -0.1) is 0 Å². The summed E-state index contributed by atoms with van der Waals surface area (Å²) in [5.41, 5.74) is 7.13. The first-order chi connectivity index (χ1) is 7.54.